The zero-order valence-electron chi connectivity index (χ0n) is 8.38. The van der Waals surface area contributed by atoms with E-state index in [0.29, 0.717) is 0 Å². The maximum absolute atomic E-state index is 4.12. The van der Waals surface area contributed by atoms with Gasteiger partial charge in [-0.05, 0) is 12.1 Å². The molecule has 74 valence electrons. The van der Waals surface area contributed by atoms with Gasteiger partial charge in [0.15, 0.2) is 0 Å². The molecule has 3 rings (SSSR count). The molecule has 0 saturated heterocycles. The van der Waals surface area contributed by atoms with Crippen LogP contribution in [0.2, 0.25) is 0 Å². The number of nitrogens with zero attached hydrogens (tertiary/aromatic N) is 2. The Morgan fingerprint density at radius 1 is 0.800 bits per heavy atom. The van der Waals surface area contributed by atoms with Gasteiger partial charge >= 0.3 is 0 Å². The molecule has 2 heterocycles. The summed E-state index contributed by atoms with van der Waals surface area (Å²) in [6.45, 7) is 0. The molecule has 15 heavy (non-hydrogen) atoms. The zero-order valence-corrected chi connectivity index (χ0v) is 9.79. The summed E-state index contributed by atoms with van der Waals surface area (Å²) in [6, 6.07) is 7.80. The molecule has 2 aromatic rings. The van der Waals surface area contributed by atoms with Crippen LogP contribution in [0.3, 0.4) is 0 Å². The van der Waals surface area contributed by atoms with Crippen molar-refractivity contribution < 1.29 is 0 Å². The van der Waals surface area contributed by atoms with E-state index in [9.17, 15) is 0 Å². The molecular weight excluding hydrogens is 200 g/mol. The van der Waals surface area contributed by atoms with Crippen LogP contribution in [-0.4, -0.2) is 19.5 Å². The third-order valence-corrected chi connectivity index (χ3v) is 3.12. The first-order valence-electron chi connectivity index (χ1n) is 4.94. The molecule has 0 aliphatic carbocycles. The lowest BCUT2D eigenvalue weighted by molar-refractivity contribution is 1.29. The van der Waals surface area contributed by atoms with Crippen LogP contribution in [0.4, 0.5) is 0 Å². The van der Waals surface area contributed by atoms with Crippen LogP contribution >= 0.6 is 0 Å². The number of rotatable bonds is 0. The number of allylic oxidation sites excluding steroid dienone is 2. The Bertz CT molecular complexity index is 416. The molecule has 0 fully saturated rings. The fourth-order valence-electron chi connectivity index (χ4n) is 1.30. The highest BCUT2D eigenvalue weighted by Gasteiger charge is 1.88. The fraction of sp³-hybridized carbons (Fsp3) is 0. The van der Waals surface area contributed by atoms with Gasteiger partial charge in [0.25, 0.3) is 0 Å². The summed E-state index contributed by atoms with van der Waals surface area (Å²) in [4.78, 5) is 8.24. The second-order valence-electron chi connectivity index (χ2n) is 3.14. The first-order valence-corrected chi connectivity index (χ1v) is 6.57. The van der Waals surface area contributed by atoms with E-state index in [4.69, 9.17) is 0 Å². The summed E-state index contributed by atoms with van der Waals surface area (Å²) in [5.41, 5.74) is 6.43. The van der Waals surface area contributed by atoms with Crippen molar-refractivity contribution in [3.63, 3.8) is 0 Å². The number of aromatic nitrogens is 2. The molecule has 1 aliphatic rings. The van der Waals surface area contributed by atoms with E-state index in [-0.39, 0.29) is 9.52 Å². The predicted octanol–water partition coefficient (Wildman–Crippen LogP) is 1.83. The molecule has 1 aromatic carbocycles. The van der Waals surface area contributed by atoms with Gasteiger partial charge in [0.05, 0.1) is 20.6 Å². The summed E-state index contributed by atoms with van der Waals surface area (Å²) < 4.78 is 0. The van der Waals surface area contributed by atoms with Gasteiger partial charge < -0.3 is 0 Å². The van der Waals surface area contributed by atoms with Crippen molar-refractivity contribution >= 4 is 20.6 Å². The van der Waals surface area contributed by atoms with Crippen molar-refractivity contribution in [2.24, 2.45) is 0 Å². The highest BCUT2D eigenvalue weighted by Crippen LogP contribution is 2.04. The van der Waals surface area contributed by atoms with Gasteiger partial charge in [-0.3, -0.25) is 9.97 Å². The lowest BCUT2D eigenvalue weighted by atomic mass is 10.3. The standard InChI is InChI=1S/C8H6N2.C4H6Si/c1-2-4-8-7(3-1)9-5-6-10-8;1-2-4-5-3-1/h1-6H;1-4H,5H2. The van der Waals surface area contributed by atoms with Gasteiger partial charge in [0.2, 0.25) is 0 Å². The predicted molar refractivity (Wildman–Crippen MR) is 66.4 cm³/mol. The largest absolute Gasteiger partial charge is 0.253 e. The first-order chi connectivity index (χ1) is 7.47. The summed E-state index contributed by atoms with van der Waals surface area (Å²) >= 11 is 0. The van der Waals surface area contributed by atoms with Crippen molar-refractivity contribution in [1.29, 1.82) is 0 Å². The van der Waals surface area contributed by atoms with Crippen molar-refractivity contribution in [1.82, 2.24) is 9.97 Å². The van der Waals surface area contributed by atoms with Gasteiger partial charge in [-0.15, -0.1) is 0 Å². The molecule has 0 bridgehead atoms. The number of hydrogen-bond acceptors (Lipinski definition) is 2. The van der Waals surface area contributed by atoms with E-state index in [1.807, 2.05) is 24.3 Å². The van der Waals surface area contributed by atoms with Gasteiger partial charge in [0.1, 0.15) is 0 Å². The van der Waals surface area contributed by atoms with E-state index in [2.05, 4.69) is 33.5 Å². The van der Waals surface area contributed by atoms with E-state index in [1.54, 1.807) is 12.4 Å². The van der Waals surface area contributed by atoms with Crippen LogP contribution < -0.4 is 0 Å². The Morgan fingerprint density at radius 3 is 1.73 bits per heavy atom. The molecule has 0 amide bonds. The lowest BCUT2D eigenvalue weighted by Gasteiger charge is -1.90. The van der Waals surface area contributed by atoms with Crippen LogP contribution in [0.5, 0.6) is 0 Å². The van der Waals surface area contributed by atoms with Crippen LogP contribution in [0.15, 0.2) is 60.2 Å². The molecule has 2 nitrogen and oxygen atoms in total. The molecule has 0 atom stereocenters. The average Bonchev–Trinajstić information content (AvgIpc) is 2.88. The molecule has 0 spiro atoms. The fourth-order valence-corrected chi connectivity index (χ4v) is 2.09. The van der Waals surface area contributed by atoms with Crippen molar-refractivity contribution in [3.05, 3.63) is 60.2 Å². The number of fused-ring (bicyclic) bond motifs is 1. The normalized spacial score (nSPS) is 12.5. The minimum Gasteiger partial charge on any atom is -0.253 e. The summed E-state index contributed by atoms with van der Waals surface area (Å²) in [5.74, 6) is 0. The Labute approximate surface area is 91.2 Å². The smallest absolute Gasteiger partial charge is 0.0886 e. The van der Waals surface area contributed by atoms with Crippen LogP contribution in [0.1, 0.15) is 0 Å². The van der Waals surface area contributed by atoms with Gasteiger partial charge in [0, 0.05) is 12.4 Å². The lowest BCUT2D eigenvalue weighted by Crippen LogP contribution is -1.78. The maximum Gasteiger partial charge on any atom is 0.0886 e. The molecule has 3 heteroatoms. The second-order valence-corrected chi connectivity index (χ2v) is 4.55. The van der Waals surface area contributed by atoms with Crippen molar-refractivity contribution in [2.45, 2.75) is 0 Å². The third kappa shape index (κ3) is 2.85. The number of benzene rings is 1. The molecule has 1 aliphatic heterocycles. The zero-order chi connectivity index (χ0) is 10.3. The minimum atomic E-state index is 0.182. The van der Waals surface area contributed by atoms with Gasteiger partial charge in [-0.2, -0.15) is 0 Å². The molecule has 0 saturated carbocycles. The number of para-hydroxylation sites is 2. The average molecular weight is 212 g/mol. The molecule has 0 N–H and O–H groups in total. The molecule has 0 radical (unpaired) electrons. The van der Waals surface area contributed by atoms with E-state index in [0.717, 1.165) is 11.0 Å². The van der Waals surface area contributed by atoms with Crippen molar-refractivity contribution in [3.8, 4) is 0 Å². The van der Waals surface area contributed by atoms with Gasteiger partial charge in [-0.1, -0.05) is 35.7 Å². The Balaban J connectivity index is 0.000000144. The maximum atomic E-state index is 4.12. The quantitative estimate of drug-likeness (QED) is 0.623. The molecule has 0 unspecified atom stereocenters. The van der Waals surface area contributed by atoms with E-state index in [1.165, 1.54) is 0 Å². The summed E-state index contributed by atoms with van der Waals surface area (Å²) in [6.07, 6.45) is 7.63. The molecule has 1 aromatic heterocycles. The van der Waals surface area contributed by atoms with Crippen LogP contribution in [-0.2, 0) is 0 Å². The van der Waals surface area contributed by atoms with Crippen molar-refractivity contribution in [2.75, 3.05) is 0 Å². The Morgan fingerprint density at radius 2 is 1.33 bits per heavy atom. The summed E-state index contributed by atoms with van der Waals surface area (Å²) in [5, 5.41) is 0. The second kappa shape index (κ2) is 5.22. The number of hydrogen-bond donors (Lipinski definition) is 0. The highest BCUT2D eigenvalue weighted by molar-refractivity contribution is 6.49. The first kappa shape index (κ1) is 9.80. The topological polar surface area (TPSA) is 25.8 Å². The van der Waals surface area contributed by atoms with Gasteiger partial charge in [-0.25, -0.2) is 0 Å². The third-order valence-electron chi connectivity index (χ3n) is 2.03. The Hall–Kier alpha value is -1.74. The van der Waals surface area contributed by atoms with E-state index < -0.39 is 0 Å². The minimum absolute atomic E-state index is 0.182. The van der Waals surface area contributed by atoms with Crippen LogP contribution in [0, 0.1) is 0 Å². The monoisotopic (exact) mass is 212 g/mol. The van der Waals surface area contributed by atoms with E-state index >= 15 is 0 Å². The van der Waals surface area contributed by atoms with Crippen LogP contribution in [0.25, 0.3) is 11.0 Å². The molecular formula is C12H12N2Si. The Kier molecular flexibility index (Phi) is 3.41. The summed E-state index contributed by atoms with van der Waals surface area (Å²) in [7, 11) is 0.182. The SMILES string of the molecule is C1=C[SiH2]C=C1.c1ccc2nccnc2c1. The highest BCUT2D eigenvalue weighted by atomic mass is 28.2.